The highest BCUT2D eigenvalue weighted by Gasteiger charge is 2.29. The minimum Gasteiger partial charge on any atom is -0.493 e. The smallest absolute Gasteiger partial charge is 0.390 e. The van der Waals surface area contributed by atoms with Gasteiger partial charge in [0.15, 0.2) is 11.5 Å². The maximum atomic E-state index is 12.4. The van der Waals surface area contributed by atoms with Gasteiger partial charge < -0.3 is 14.8 Å². The maximum Gasteiger partial charge on any atom is 0.390 e. The van der Waals surface area contributed by atoms with Crippen LogP contribution in [0.25, 0.3) is 0 Å². The number of halogens is 3. The van der Waals surface area contributed by atoms with E-state index in [1.807, 2.05) is 6.07 Å². The molecule has 0 spiro atoms. The first-order valence-corrected chi connectivity index (χ1v) is 7.44. The number of methoxy groups -OCH3 is 1. The van der Waals surface area contributed by atoms with E-state index < -0.39 is 18.6 Å². The first-order valence-electron chi connectivity index (χ1n) is 7.44. The minimum absolute atomic E-state index is 0.218. The summed E-state index contributed by atoms with van der Waals surface area (Å²) in [7, 11) is 1.53. The molecular weight excluding hydrogens is 321 g/mol. The van der Waals surface area contributed by atoms with Crippen molar-refractivity contribution in [2.45, 2.75) is 32.1 Å². The number of para-hydroxylation sites is 2. The van der Waals surface area contributed by atoms with Crippen LogP contribution >= 0.6 is 0 Å². The van der Waals surface area contributed by atoms with Crippen molar-refractivity contribution in [3.8, 4) is 17.4 Å². The number of ether oxygens (including phenoxy) is 2. The van der Waals surface area contributed by atoms with Gasteiger partial charge in [0.2, 0.25) is 5.88 Å². The third-order valence-corrected chi connectivity index (χ3v) is 3.30. The molecule has 0 aliphatic rings. The molecule has 0 unspecified atom stereocenters. The fourth-order valence-corrected chi connectivity index (χ4v) is 2.16. The molecule has 2 rings (SSSR count). The fraction of sp³-hybridized carbons (Fsp3) is 0.353. The summed E-state index contributed by atoms with van der Waals surface area (Å²) >= 11 is 0. The van der Waals surface area contributed by atoms with Crippen LogP contribution in [0.3, 0.4) is 0 Å². The molecule has 0 amide bonds. The highest BCUT2D eigenvalue weighted by Crippen LogP contribution is 2.31. The molecule has 1 aromatic carbocycles. The van der Waals surface area contributed by atoms with E-state index in [-0.39, 0.29) is 6.54 Å². The molecule has 0 saturated heterocycles. The largest absolute Gasteiger partial charge is 0.493 e. The Hall–Kier alpha value is -2.28. The van der Waals surface area contributed by atoms with E-state index >= 15 is 0 Å². The van der Waals surface area contributed by atoms with Crippen LogP contribution in [0.4, 0.5) is 13.2 Å². The predicted molar refractivity (Wildman–Crippen MR) is 84.3 cm³/mol. The number of pyridine rings is 1. The molecule has 0 fully saturated rings. The Kier molecular flexibility index (Phi) is 6.03. The van der Waals surface area contributed by atoms with Gasteiger partial charge in [-0.25, -0.2) is 4.98 Å². The quantitative estimate of drug-likeness (QED) is 0.815. The maximum absolute atomic E-state index is 12.4. The van der Waals surface area contributed by atoms with Crippen LogP contribution in [0.2, 0.25) is 0 Å². The lowest BCUT2D eigenvalue weighted by atomic mass is 10.2. The molecule has 24 heavy (non-hydrogen) atoms. The van der Waals surface area contributed by atoms with Crippen molar-refractivity contribution in [3.63, 3.8) is 0 Å². The summed E-state index contributed by atoms with van der Waals surface area (Å²) in [5, 5.41) is 2.84. The fourth-order valence-electron chi connectivity index (χ4n) is 2.16. The molecule has 130 valence electrons. The Labute approximate surface area is 138 Å². The number of nitrogens with zero attached hydrogens (tertiary/aromatic N) is 1. The lowest BCUT2D eigenvalue weighted by Crippen LogP contribution is -2.30. The average molecular weight is 340 g/mol. The number of hydrogen-bond donors (Lipinski definition) is 1. The Morgan fingerprint density at radius 1 is 1.12 bits per heavy atom. The van der Waals surface area contributed by atoms with Crippen molar-refractivity contribution < 1.29 is 22.6 Å². The number of hydrogen-bond acceptors (Lipinski definition) is 4. The molecule has 0 saturated carbocycles. The Bertz CT molecular complexity index is 662. The zero-order valence-corrected chi connectivity index (χ0v) is 13.4. The molecule has 2 aromatic rings. The number of aromatic nitrogens is 1. The summed E-state index contributed by atoms with van der Waals surface area (Å²) < 4.78 is 48.2. The Morgan fingerprint density at radius 2 is 1.83 bits per heavy atom. The number of nitrogens with one attached hydrogen (secondary N) is 1. The highest BCUT2D eigenvalue weighted by molar-refractivity contribution is 5.42. The zero-order chi connectivity index (χ0) is 17.6. The topological polar surface area (TPSA) is 43.4 Å². The summed E-state index contributed by atoms with van der Waals surface area (Å²) in [6.07, 6.45) is -3.53. The monoisotopic (exact) mass is 340 g/mol. The third-order valence-electron chi connectivity index (χ3n) is 3.30. The summed E-state index contributed by atoms with van der Waals surface area (Å²) in [6, 6.07) is 9.85. The average Bonchev–Trinajstić information content (AvgIpc) is 2.53. The van der Waals surface area contributed by atoms with Crippen LogP contribution < -0.4 is 14.8 Å². The molecule has 0 bridgehead atoms. The third kappa shape index (κ3) is 5.42. The van der Waals surface area contributed by atoms with E-state index in [4.69, 9.17) is 9.47 Å². The second kappa shape index (κ2) is 8.01. The molecule has 4 nitrogen and oxygen atoms in total. The van der Waals surface area contributed by atoms with E-state index in [1.54, 1.807) is 36.5 Å². The van der Waals surface area contributed by atoms with Crippen LogP contribution in [-0.2, 0) is 6.54 Å². The van der Waals surface area contributed by atoms with Crippen molar-refractivity contribution in [3.05, 3.63) is 48.2 Å². The normalized spacial score (nSPS) is 12.7. The molecule has 7 heteroatoms. The van der Waals surface area contributed by atoms with E-state index in [0.29, 0.717) is 22.9 Å². The summed E-state index contributed by atoms with van der Waals surface area (Å²) in [5.74, 6) is 1.37. The van der Waals surface area contributed by atoms with Crippen molar-refractivity contribution >= 4 is 0 Å². The molecule has 1 N–H and O–H groups in total. The predicted octanol–water partition coefficient (Wildman–Crippen LogP) is 4.31. The van der Waals surface area contributed by atoms with E-state index in [1.165, 1.54) is 14.0 Å². The van der Waals surface area contributed by atoms with Gasteiger partial charge in [0.1, 0.15) is 0 Å². The van der Waals surface area contributed by atoms with Crippen LogP contribution in [0.5, 0.6) is 17.4 Å². The van der Waals surface area contributed by atoms with Gasteiger partial charge in [-0.3, -0.25) is 0 Å². The van der Waals surface area contributed by atoms with Crippen molar-refractivity contribution in [2.24, 2.45) is 0 Å². The van der Waals surface area contributed by atoms with Crippen LogP contribution in [0, 0.1) is 0 Å². The second-order valence-electron chi connectivity index (χ2n) is 5.32. The van der Waals surface area contributed by atoms with Gasteiger partial charge in [-0.1, -0.05) is 18.2 Å². The van der Waals surface area contributed by atoms with Gasteiger partial charge >= 0.3 is 6.18 Å². The van der Waals surface area contributed by atoms with Gasteiger partial charge in [0, 0.05) is 24.3 Å². The molecule has 1 aromatic heterocycles. The first-order chi connectivity index (χ1) is 11.4. The van der Waals surface area contributed by atoms with Crippen LogP contribution in [-0.4, -0.2) is 24.3 Å². The lowest BCUT2D eigenvalue weighted by Gasteiger charge is -2.17. The Morgan fingerprint density at radius 3 is 2.50 bits per heavy atom. The molecule has 0 radical (unpaired) electrons. The van der Waals surface area contributed by atoms with Gasteiger partial charge in [-0.2, -0.15) is 13.2 Å². The van der Waals surface area contributed by atoms with Gasteiger partial charge in [-0.05, 0) is 25.1 Å². The first kappa shape index (κ1) is 18.1. The van der Waals surface area contributed by atoms with Gasteiger partial charge in [0.25, 0.3) is 0 Å². The number of rotatable bonds is 7. The number of benzene rings is 1. The van der Waals surface area contributed by atoms with E-state index in [0.717, 1.165) is 0 Å². The minimum atomic E-state index is -4.20. The molecule has 1 atom stereocenters. The van der Waals surface area contributed by atoms with E-state index in [9.17, 15) is 13.2 Å². The van der Waals surface area contributed by atoms with Gasteiger partial charge in [0.05, 0.1) is 13.5 Å². The van der Waals surface area contributed by atoms with Crippen LogP contribution in [0.15, 0.2) is 42.6 Å². The van der Waals surface area contributed by atoms with Crippen molar-refractivity contribution in [1.82, 2.24) is 10.3 Å². The Balaban J connectivity index is 2.07. The second-order valence-corrected chi connectivity index (χ2v) is 5.32. The summed E-state index contributed by atoms with van der Waals surface area (Å²) in [5.41, 5.74) is 0.664. The van der Waals surface area contributed by atoms with Gasteiger partial charge in [-0.15, -0.1) is 0 Å². The summed E-state index contributed by atoms with van der Waals surface area (Å²) in [4.78, 5) is 4.16. The SMILES string of the molecule is COc1ccccc1Oc1ncccc1CN[C@H](C)CC(F)(F)F. The number of alkyl halides is 3. The summed E-state index contributed by atoms with van der Waals surface area (Å²) in [6.45, 7) is 1.71. The zero-order valence-electron chi connectivity index (χ0n) is 13.4. The lowest BCUT2D eigenvalue weighted by molar-refractivity contribution is -0.139. The molecule has 1 heterocycles. The molecular formula is C17H19F3N2O2. The standard InChI is InChI=1S/C17H19F3N2O2/c1-12(10-17(18,19)20)22-11-13-6-5-9-21-16(13)24-15-8-4-3-7-14(15)23-2/h3-9,12,22H,10-11H2,1-2H3/t12-/m1/s1. The molecule has 0 aliphatic carbocycles. The van der Waals surface area contributed by atoms with E-state index in [2.05, 4.69) is 10.3 Å². The van der Waals surface area contributed by atoms with Crippen LogP contribution in [0.1, 0.15) is 18.9 Å². The molecule has 0 aliphatic heterocycles. The van der Waals surface area contributed by atoms with Crippen molar-refractivity contribution in [1.29, 1.82) is 0 Å². The highest BCUT2D eigenvalue weighted by atomic mass is 19.4. The van der Waals surface area contributed by atoms with Crippen molar-refractivity contribution in [2.75, 3.05) is 7.11 Å².